The highest BCUT2D eigenvalue weighted by Gasteiger charge is 2.60. The van der Waals surface area contributed by atoms with Gasteiger partial charge in [-0.25, -0.2) is 0 Å². The molecule has 5 heterocycles. The monoisotopic (exact) mass is 830 g/mol. The van der Waals surface area contributed by atoms with E-state index in [9.17, 15) is 15.0 Å². The number of rotatable bonds is 12. The summed E-state index contributed by atoms with van der Waals surface area (Å²) in [5.41, 5.74) is 0.389. The fraction of sp³-hybridized carbons (Fsp3) is 0.761. The molecule has 13 nitrogen and oxygen atoms in total. The zero-order valence-electron chi connectivity index (χ0n) is 36.6. The summed E-state index contributed by atoms with van der Waals surface area (Å²) in [7, 11) is 3.28. The molecule has 0 aromatic carbocycles. The quantitative estimate of drug-likeness (QED) is 0.107. The van der Waals surface area contributed by atoms with E-state index in [1.165, 1.54) is 0 Å². The molecule has 5 aliphatic heterocycles. The summed E-state index contributed by atoms with van der Waals surface area (Å²) in [6, 6.07) is 0. The van der Waals surface area contributed by atoms with Crippen molar-refractivity contribution < 1.29 is 62.4 Å². The van der Waals surface area contributed by atoms with Crippen molar-refractivity contribution in [2.75, 3.05) is 47.6 Å². The predicted octanol–water partition coefficient (Wildman–Crippen LogP) is 5.73. The summed E-state index contributed by atoms with van der Waals surface area (Å²) in [5, 5.41) is 23.7. The Bertz CT molecular complexity index is 1570. The molecule has 0 radical (unpaired) electrons. The number of hydrogen-bond donors (Lipinski definition) is 2. The van der Waals surface area contributed by atoms with Crippen molar-refractivity contribution in [3.05, 3.63) is 59.3 Å². The van der Waals surface area contributed by atoms with Crippen LogP contribution in [0.15, 0.2) is 59.3 Å². The maximum absolute atomic E-state index is 14.3. The molecular weight excluding hydrogens is 760 g/mol. The highest BCUT2D eigenvalue weighted by atomic mass is 16.7. The SMILES string of the molecule is CCC(C)[C@H]1O[C@]2(C=C[C@@H]1C)C[C@@H]1C[C@@H](C/C=C(\C)[C@@H](C3C[C@H](OC)[C@@H](OCOCCOCOC)[C@H](C)O3)[C@@H](C)/C=C/C=C3\CO[C@@H]4[C@H](O)C(C)=C[C@@H](C(=O)O1)[C@]34O)O2. The van der Waals surface area contributed by atoms with E-state index in [1.807, 2.05) is 25.2 Å². The van der Waals surface area contributed by atoms with Crippen LogP contribution in [0, 0.1) is 29.6 Å². The Labute approximate surface area is 351 Å². The maximum atomic E-state index is 14.3. The van der Waals surface area contributed by atoms with Gasteiger partial charge in [0.15, 0.2) is 5.79 Å². The summed E-state index contributed by atoms with van der Waals surface area (Å²) in [6.45, 7) is 15.7. The van der Waals surface area contributed by atoms with Crippen LogP contribution >= 0.6 is 0 Å². The molecule has 2 bridgehead atoms. The van der Waals surface area contributed by atoms with Crippen molar-refractivity contribution in [3.8, 4) is 0 Å². The lowest BCUT2D eigenvalue weighted by atomic mass is 9.71. The minimum absolute atomic E-state index is 0.0278. The molecule has 2 N–H and O–H groups in total. The van der Waals surface area contributed by atoms with E-state index >= 15 is 0 Å². The van der Waals surface area contributed by atoms with Gasteiger partial charge >= 0.3 is 5.97 Å². The van der Waals surface area contributed by atoms with Gasteiger partial charge in [-0.05, 0) is 56.3 Å². The normalized spacial score (nSPS) is 44.4. The van der Waals surface area contributed by atoms with Gasteiger partial charge in [0, 0.05) is 45.3 Å². The first kappa shape index (κ1) is 46.2. The zero-order valence-corrected chi connectivity index (χ0v) is 36.6. The van der Waals surface area contributed by atoms with Crippen LogP contribution in [-0.2, 0) is 52.2 Å². The number of aliphatic hydroxyl groups excluding tert-OH is 1. The summed E-state index contributed by atoms with van der Waals surface area (Å²) in [5.74, 6) is -2.35. The lowest BCUT2D eigenvalue weighted by Gasteiger charge is -2.48. The second-order valence-corrected chi connectivity index (χ2v) is 17.6. The summed E-state index contributed by atoms with van der Waals surface area (Å²) in [6.07, 6.45) is 12.6. The lowest BCUT2D eigenvalue weighted by Crippen LogP contribution is -2.58. The fourth-order valence-electron chi connectivity index (χ4n) is 10.0. The number of carbonyl (C=O) groups excluding carboxylic acids is 1. The molecule has 3 saturated heterocycles. The Morgan fingerprint density at radius 2 is 1.75 bits per heavy atom. The van der Waals surface area contributed by atoms with Crippen LogP contribution < -0.4 is 0 Å². The molecule has 0 aromatic heterocycles. The van der Waals surface area contributed by atoms with Crippen LogP contribution in [0.3, 0.4) is 0 Å². The second kappa shape index (κ2) is 20.3. The van der Waals surface area contributed by atoms with E-state index in [0.29, 0.717) is 50.0 Å². The van der Waals surface area contributed by atoms with Gasteiger partial charge in [0.1, 0.15) is 49.5 Å². The van der Waals surface area contributed by atoms with Gasteiger partial charge in [-0.1, -0.05) is 76.1 Å². The second-order valence-electron chi connectivity index (χ2n) is 17.6. The number of hydrogen-bond acceptors (Lipinski definition) is 13. The number of fused-ring (bicyclic) bond motifs is 2. The van der Waals surface area contributed by atoms with Gasteiger partial charge in [-0.2, -0.15) is 0 Å². The van der Waals surface area contributed by atoms with E-state index in [0.717, 1.165) is 12.0 Å². The van der Waals surface area contributed by atoms with Crippen LogP contribution in [-0.4, -0.2) is 130 Å². The number of methoxy groups -OCH3 is 2. The molecule has 3 fully saturated rings. The smallest absolute Gasteiger partial charge is 0.316 e. The number of carbonyl (C=O) groups is 1. The van der Waals surface area contributed by atoms with E-state index < -0.39 is 41.6 Å². The third kappa shape index (κ3) is 10.2. The van der Waals surface area contributed by atoms with Crippen LogP contribution in [0.1, 0.15) is 80.6 Å². The molecule has 6 rings (SSSR count). The molecule has 1 aliphatic carbocycles. The minimum atomic E-state index is -1.81. The molecule has 6 aliphatic rings. The van der Waals surface area contributed by atoms with Gasteiger partial charge < -0.3 is 57.6 Å². The first-order chi connectivity index (χ1) is 28.2. The Morgan fingerprint density at radius 1 is 0.983 bits per heavy atom. The molecule has 13 heteroatoms. The highest BCUT2D eigenvalue weighted by Crippen LogP contribution is 2.47. The van der Waals surface area contributed by atoms with Crippen molar-refractivity contribution in [2.24, 2.45) is 29.6 Å². The van der Waals surface area contributed by atoms with Crippen LogP contribution in [0.5, 0.6) is 0 Å². The standard InChI is InChI=1S/C46H70O13/c1-10-27(2)41-30(5)16-17-45(59-41)23-35-21-34(58-45)15-14-29(4)39(37-22-38(51-9)42(32(7)56-37)55-26-53-19-18-52-25-50-8)28(3)12-11-13-33-24-54-43-40(47)31(6)20-36(44(48)57-35)46(33,43)49/h11-14,16-17,20,27-28,30,32,34-43,47,49H,10,15,18-19,21-26H2,1-9H3/b12-11+,29-14+,33-13+/t27?,28-,30-,32-,34+,35-,36-,37?,38-,39-,40+,41+,42-,43+,45+,46+/m0/s1. The molecule has 0 amide bonds. The molecule has 16 atom stereocenters. The summed E-state index contributed by atoms with van der Waals surface area (Å²) in [4.78, 5) is 14.3. The summed E-state index contributed by atoms with van der Waals surface area (Å²) < 4.78 is 61.2. The molecule has 0 saturated carbocycles. The third-order valence-corrected chi connectivity index (χ3v) is 13.5. The van der Waals surface area contributed by atoms with Gasteiger partial charge in [0.05, 0.1) is 50.3 Å². The molecular formula is C46H70O13. The minimum Gasteiger partial charge on any atom is -0.462 e. The van der Waals surface area contributed by atoms with Crippen LogP contribution in [0.2, 0.25) is 0 Å². The van der Waals surface area contributed by atoms with Crippen LogP contribution in [0.4, 0.5) is 0 Å². The number of allylic oxidation sites excluding steroid dienone is 3. The Morgan fingerprint density at radius 3 is 2.47 bits per heavy atom. The van der Waals surface area contributed by atoms with Crippen molar-refractivity contribution in [3.63, 3.8) is 0 Å². The number of esters is 1. The first-order valence-electron chi connectivity index (χ1n) is 21.7. The third-order valence-electron chi connectivity index (χ3n) is 13.5. The number of aliphatic hydroxyl groups is 2. The first-order valence-corrected chi connectivity index (χ1v) is 21.7. The van der Waals surface area contributed by atoms with Crippen molar-refractivity contribution in [2.45, 2.75) is 147 Å². The van der Waals surface area contributed by atoms with Crippen molar-refractivity contribution in [1.29, 1.82) is 0 Å². The van der Waals surface area contributed by atoms with Crippen molar-refractivity contribution >= 4 is 5.97 Å². The summed E-state index contributed by atoms with van der Waals surface area (Å²) >= 11 is 0. The largest absolute Gasteiger partial charge is 0.462 e. The van der Waals surface area contributed by atoms with Gasteiger partial charge in [-0.15, -0.1) is 0 Å². The highest BCUT2D eigenvalue weighted by molar-refractivity contribution is 5.78. The molecule has 332 valence electrons. The van der Waals surface area contributed by atoms with Gasteiger partial charge in [0.25, 0.3) is 0 Å². The Balaban J connectivity index is 1.32. The molecule has 0 aromatic rings. The zero-order chi connectivity index (χ0) is 42.5. The van der Waals surface area contributed by atoms with Gasteiger partial charge in [-0.3, -0.25) is 4.79 Å². The van der Waals surface area contributed by atoms with E-state index in [1.54, 1.807) is 27.2 Å². The lowest BCUT2D eigenvalue weighted by molar-refractivity contribution is -0.300. The van der Waals surface area contributed by atoms with E-state index in [-0.39, 0.29) is 80.5 Å². The average Bonchev–Trinajstić information content (AvgIpc) is 3.55. The number of ether oxygens (including phenoxy) is 10. The molecule has 2 unspecified atom stereocenters. The topological polar surface area (TPSA) is 150 Å². The van der Waals surface area contributed by atoms with E-state index in [4.69, 9.17) is 47.4 Å². The fourth-order valence-corrected chi connectivity index (χ4v) is 10.0. The Hall–Kier alpha value is -2.27. The van der Waals surface area contributed by atoms with Crippen molar-refractivity contribution in [1.82, 2.24) is 0 Å². The maximum Gasteiger partial charge on any atom is 0.316 e. The van der Waals surface area contributed by atoms with Crippen LogP contribution in [0.25, 0.3) is 0 Å². The predicted molar refractivity (Wildman–Crippen MR) is 219 cm³/mol. The Kier molecular flexibility index (Phi) is 15.9. The average molecular weight is 831 g/mol. The molecule has 1 spiro atoms. The van der Waals surface area contributed by atoms with E-state index in [2.05, 4.69) is 52.8 Å². The molecule has 59 heavy (non-hydrogen) atoms. The van der Waals surface area contributed by atoms with Gasteiger partial charge in [0.2, 0.25) is 0 Å².